The van der Waals surface area contributed by atoms with Crippen LogP contribution in [-0.2, 0) is 9.53 Å². The Kier molecular flexibility index (Phi) is 6.50. The molecule has 0 amide bonds. The summed E-state index contributed by atoms with van der Waals surface area (Å²) in [7, 11) is 0. The Morgan fingerprint density at radius 3 is 2.80 bits per heavy atom. The van der Waals surface area contributed by atoms with Crippen molar-refractivity contribution in [2.75, 3.05) is 6.61 Å². The Labute approximate surface area is 62.6 Å². The molecule has 0 fully saturated rings. The van der Waals surface area contributed by atoms with E-state index in [1.165, 1.54) is 0 Å². The van der Waals surface area contributed by atoms with Gasteiger partial charge in [-0.1, -0.05) is 0 Å². The maximum Gasteiger partial charge on any atom is 0.119 e. The zero-order chi connectivity index (χ0) is 7.82. The van der Waals surface area contributed by atoms with Gasteiger partial charge in [-0.3, -0.25) is 0 Å². The van der Waals surface area contributed by atoms with E-state index in [1.54, 1.807) is 0 Å². The van der Waals surface area contributed by atoms with Gasteiger partial charge in [-0.05, 0) is 26.7 Å². The van der Waals surface area contributed by atoms with Crippen molar-refractivity contribution in [2.45, 2.75) is 39.2 Å². The molecule has 0 aromatic heterocycles. The van der Waals surface area contributed by atoms with Crippen molar-refractivity contribution in [3.8, 4) is 0 Å². The van der Waals surface area contributed by atoms with Crippen LogP contribution in [0.15, 0.2) is 0 Å². The van der Waals surface area contributed by atoms with E-state index in [0.717, 1.165) is 25.7 Å². The number of hydrogen-bond acceptors (Lipinski definition) is 2. The molecule has 0 heterocycles. The summed E-state index contributed by atoms with van der Waals surface area (Å²) in [4.78, 5) is 9.90. The highest BCUT2D eigenvalue weighted by Gasteiger charge is 1.98. The highest BCUT2D eigenvalue weighted by Crippen LogP contribution is 2.02. The number of hydrogen-bond donors (Lipinski definition) is 0. The van der Waals surface area contributed by atoms with Crippen LogP contribution in [0.1, 0.15) is 33.1 Å². The first kappa shape index (κ1) is 9.63. The monoisotopic (exact) mass is 144 g/mol. The standard InChI is InChI=1S/C8H16O2/c1-3-10-8(2)6-4-5-7-9/h7-8H,3-6H2,1-2H3. The normalized spacial score (nSPS) is 13.0. The van der Waals surface area contributed by atoms with E-state index in [4.69, 9.17) is 4.74 Å². The van der Waals surface area contributed by atoms with Crippen molar-refractivity contribution in [1.82, 2.24) is 0 Å². The molecule has 0 rings (SSSR count). The number of unbranched alkanes of at least 4 members (excludes halogenated alkanes) is 1. The van der Waals surface area contributed by atoms with E-state index in [9.17, 15) is 4.79 Å². The average Bonchev–Trinajstić information content (AvgIpc) is 1.89. The molecular formula is C8H16O2. The Morgan fingerprint density at radius 2 is 2.30 bits per heavy atom. The van der Waals surface area contributed by atoms with Gasteiger partial charge < -0.3 is 9.53 Å². The van der Waals surface area contributed by atoms with Crippen molar-refractivity contribution >= 4 is 6.29 Å². The lowest BCUT2D eigenvalue weighted by molar-refractivity contribution is -0.108. The summed E-state index contributed by atoms with van der Waals surface area (Å²) in [5.41, 5.74) is 0. The summed E-state index contributed by atoms with van der Waals surface area (Å²) >= 11 is 0. The summed E-state index contributed by atoms with van der Waals surface area (Å²) in [5, 5.41) is 0. The van der Waals surface area contributed by atoms with Crippen LogP contribution in [0.2, 0.25) is 0 Å². The molecule has 0 saturated carbocycles. The number of ether oxygens (including phenoxy) is 1. The Hall–Kier alpha value is -0.370. The Balaban J connectivity index is 3.04. The van der Waals surface area contributed by atoms with Crippen molar-refractivity contribution in [2.24, 2.45) is 0 Å². The molecule has 0 N–H and O–H groups in total. The van der Waals surface area contributed by atoms with Gasteiger partial charge in [0.1, 0.15) is 6.29 Å². The Morgan fingerprint density at radius 1 is 1.60 bits per heavy atom. The lowest BCUT2D eigenvalue weighted by Gasteiger charge is -2.09. The highest BCUT2D eigenvalue weighted by atomic mass is 16.5. The van der Waals surface area contributed by atoms with Gasteiger partial charge in [0, 0.05) is 13.0 Å². The van der Waals surface area contributed by atoms with E-state index < -0.39 is 0 Å². The van der Waals surface area contributed by atoms with Crippen LogP contribution in [0.5, 0.6) is 0 Å². The molecule has 0 radical (unpaired) electrons. The van der Waals surface area contributed by atoms with Crippen LogP contribution in [0.25, 0.3) is 0 Å². The van der Waals surface area contributed by atoms with E-state index in [0.29, 0.717) is 12.5 Å². The van der Waals surface area contributed by atoms with Crippen LogP contribution in [0.4, 0.5) is 0 Å². The third-order valence-corrected chi connectivity index (χ3v) is 1.38. The maximum atomic E-state index is 9.90. The van der Waals surface area contributed by atoms with Crippen molar-refractivity contribution in [3.63, 3.8) is 0 Å². The van der Waals surface area contributed by atoms with Gasteiger partial charge in [0.25, 0.3) is 0 Å². The van der Waals surface area contributed by atoms with E-state index in [-0.39, 0.29) is 0 Å². The molecule has 60 valence electrons. The molecule has 2 nitrogen and oxygen atoms in total. The average molecular weight is 144 g/mol. The van der Waals surface area contributed by atoms with Crippen molar-refractivity contribution in [1.29, 1.82) is 0 Å². The fraction of sp³-hybridized carbons (Fsp3) is 0.875. The quantitative estimate of drug-likeness (QED) is 0.419. The SMILES string of the molecule is CCOC(C)CCCC=O. The highest BCUT2D eigenvalue weighted by molar-refractivity contribution is 5.48. The number of aldehydes is 1. The second-order valence-corrected chi connectivity index (χ2v) is 2.36. The minimum absolute atomic E-state index is 0.310. The largest absolute Gasteiger partial charge is 0.379 e. The first-order valence-electron chi connectivity index (χ1n) is 3.86. The van der Waals surface area contributed by atoms with Gasteiger partial charge in [-0.15, -0.1) is 0 Å². The first-order valence-corrected chi connectivity index (χ1v) is 3.86. The molecular weight excluding hydrogens is 128 g/mol. The summed E-state index contributed by atoms with van der Waals surface area (Å²) in [6, 6.07) is 0. The lowest BCUT2D eigenvalue weighted by Crippen LogP contribution is -2.07. The van der Waals surface area contributed by atoms with Crippen LogP contribution >= 0.6 is 0 Å². The molecule has 0 aliphatic heterocycles. The minimum atomic E-state index is 0.310. The van der Waals surface area contributed by atoms with E-state index in [2.05, 4.69) is 0 Å². The van der Waals surface area contributed by atoms with Gasteiger partial charge >= 0.3 is 0 Å². The molecule has 10 heavy (non-hydrogen) atoms. The van der Waals surface area contributed by atoms with Gasteiger partial charge in [-0.2, -0.15) is 0 Å². The number of carbonyl (C=O) groups is 1. The minimum Gasteiger partial charge on any atom is -0.379 e. The summed E-state index contributed by atoms with van der Waals surface area (Å²) in [6.07, 6.45) is 3.87. The van der Waals surface area contributed by atoms with Gasteiger partial charge in [0.2, 0.25) is 0 Å². The zero-order valence-corrected chi connectivity index (χ0v) is 6.80. The van der Waals surface area contributed by atoms with Crippen LogP contribution in [-0.4, -0.2) is 19.0 Å². The molecule has 1 atom stereocenters. The zero-order valence-electron chi connectivity index (χ0n) is 6.80. The molecule has 0 aromatic carbocycles. The second-order valence-electron chi connectivity index (χ2n) is 2.36. The fourth-order valence-corrected chi connectivity index (χ4v) is 0.856. The van der Waals surface area contributed by atoms with Crippen molar-refractivity contribution in [3.05, 3.63) is 0 Å². The molecule has 0 bridgehead atoms. The number of carbonyl (C=O) groups excluding carboxylic acids is 1. The topological polar surface area (TPSA) is 26.3 Å². The summed E-state index contributed by atoms with van der Waals surface area (Å²) in [6.45, 7) is 4.78. The smallest absolute Gasteiger partial charge is 0.119 e. The predicted molar refractivity (Wildman–Crippen MR) is 41.0 cm³/mol. The van der Waals surface area contributed by atoms with Crippen LogP contribution in [0.3, 0.4) is 0 Å². The van der Waals surface area contributed by atoms with Gasteiger partial charge in [0.05, 0.1) is 6.10 Å². The summed E-state index contributed by atoms with van der Waals surface area (Å²) in [5.74, 6) is 0. The Bertz CT molecular complexity index is 81.3. The molecule has 0 spiro atoms. The molecule has 1 unspecified atom stereocenters. The predicted octanol–water partition coefficient (Wildman–Crippen LogP) is 1.78. The van der Waals surface area contributed by atoms with Crippen LogP contribution < -0.4 is 0 Å². The second kappa shape index (κ2) is 6.75. The maximum absolute atomic E-state index is 9.90. The third-order valence-electron chi connectivity index (χ3n) is 1.38. The van der Waals surface area contributed by atoms with Gasteiger partial charge in [-0.25, -0.2) is 0 Å². The molecule has 0 aliphatic rings. The van der Waals surface area contributed by atoms with Crippen molar-refractivity contribution < 1.29 is 9.53 Å². The third kappa shape index (κ3) is 5.76. The number of rotatable bonds is 6. The molecule has 0 aromatic rings. The fourth-order valence-electron chi connectivity index (χ4n) is 0.856. The van der Waals surface area contributed by atoms with E-state index >= 15 is 0 Å². The van der Waals surface area contributed by atoms with E-state index in [1.807, 2.05) is 13.8 Å². The molecule has 0 saturated heterocycles. The van der Waals surface area contributed by atoms with Crippen LogP contribution in [0, 0.1) is 0 Å². The van der Waals surface area contributed by atoms with Gasteiger partial charge in [0.15, 0.2) is 0 Å². The first-order chi connectivity index (χ1) is 4.81. The molecule has 0 aliphatic carbocycles. The lowest BCUT2D eigenvalue weighted by atomic mass is 10.2. The summed E-state index contributed by atoms with van der Waals surface area (Å²) < 4.78 is 5.27. The molecule has 2 heteroatoms.